The van der Waals surface area contributed by atoms with E-state index >= 15 is 0 Å². The lowest BCUT2D eigenvalue weighted by atomic mass is 10.3. The first kappa shape index (κ1) is 14.1. The molecule has 0 bridgehead atoms. The van der Waals surface area contributed by atoms with Crippen molar-refractivity contribution < 1.29 is 4.74 Å². The number of halogens is 1. The van der Waals surface area contributed by atoms with Crippen LogP contribution in [-0.4, -0.2) is 74.0 Å². The fourth-order valence-corrected chi connectivity index (χ4v) is 2.18. The summed E-state index contributed by atoms with van der Waals surface area (Å²) in [5, 5.41) is 7.18. The molecule has 1 aliphatic heterocycles. The largest absolute Gasteiger partial charge is 0.374 e. The van der Waals surface area contributed by atoms with Crippen LogP contribution in [0.2, 0.25) is 5.28 Å². The van der Waals surface area contributed by atoms with Crippen molar-refractivity contribution in [2.24, 2.45) is 0 Å². The average Bonchev–Trinajstić information content (AvgIpc) is 2.99. The molecule has 0 aliphatic carbocycles. The highest BCUT2D eigenvalue weighted by molar-refractivity contribution is 6.28. The molecule has 3 heterocycles. The lowest BCUT2D eigenvalue weighted by Gasteiger charge is -2.30. The number of ether oxygens (including phenoxy) is 1. The van der Waals surface area contributed by atoms with Gasteiger partial charge in [0.2, 0.25) is 11.2 Å². The Hall–Kier alpha value is -1.84. The first-order valence-electron chi connectivity index (χ1n) is 6.51. The van der Waals surface area contributed by atoms with Crippen molar-refractivity contribution in [2.45, 2.75) is 6.10 Å². The van der Waals surface area contributed by atoms with Gasteiger partial charge in [-0.05, 0) is 18.6 Å². The number of morpholine rings is 1. The molecule has 112 valence electrons. The van der Waals surface area contributed by atoms with Gasteiger partial charge in [-0.2, -0.15) is 24.7 Å². The van der Waals surface area contributed by atoms with Crippen molar-refractivity contribution in [3.8, 4) is 5.95 Å². The monoisotopic (exact) mass is 310 g/mol. The van der Waals surface area contributed by atoms with Crippen LogP contribution in [0, 0.1) is 0 Å². The summed E-state index contributed by atoms with van der Waals surface area (Å²) < 4.78 is 7.09. The minimum atomic E-state index is 0.0918. The number of aromatic nitrogens is 6. The number of hydrogen-bond donors (Lipinski definition) is 1. The maximum atomic E-state index is 5.91. The van der Waals surface area contributed by atoms with Crippen LogP contribution >= 0.6 is 11.6 Å². The van der Waals surface area contributed by atoms with Gasteiger partial charge >= 0.3 is 0 Å². The van der Waals surface area contributed by atoms with Crippen molar-refractivity contribution in [3.05, 3.63) is 17.9 Å². The SMILES string of the molecule is CN1CCOC(CNc2nc(Cl)nc(-n3cncn3)n2)C1. The van der Waals surface area contributed by atoms with Crippen molar-refractivity contribution in [1.29, 1.82) is 0 Å². The van der Waals surface area contributed by atoms with E-state index in [-0.39, 0.29) is 11.4 Å². The van der Waals surface area contributed by atoms with E-state index in [4.69, 9.17) is 16.3 Å². The zero-order chi connectivity index (χ0) is 14.7. The van der Waals surface area contributed by atoms with E-state index in [0.29, 0.717) is 18.4 Å². The Morgan fingerprint density at radius 3 is 3.10 bits per heavy atom. The first-order valence-corrected chi connectivity index (χ1v) is 6.89. The van der Waals surface area contributed by atoms with Gasteiger partial charge in [0.25, 0.3) is 5.95 Å². The van der Waals surface area contributed by atoms with Crippen LogP contribution in [0.1, 0.15) is 0 Å². The van der Waals surface area contributed by atoms with Crippen LogP contribution in [0.5, 0.6) is 0 Å². The number of anilines is 1. The van der Waals surface area contributed by atoms with Gasteiger partial charge in [-0.25, -0.2) is 4.98 Å². The highest BCUT2D eigenvalue weighted by Crippen LogP contribution is 2.10. The Balaban J connectivity index is 1.68. The molecule has 2 aromatic rings. The molecule has 0 radical (unpaired) electrons. The van der Waals surface area contributed by atoms with Crippen LogP contribution in [0.15, 0.2) is 12.7 Å². The second-order valence-corrected chi connectivity index (χ2v) is 5.04. The van der Waals surface area contributed by atoms with Crippen LogP contribution in [0.25, 0.3) is 5.95 Å². The predicted molar refractivity (Wildman–Crippen MR) is 75.5 cm³/mol. The molecular weight excluding hydrogens is 296 g/mol. The summed E-state index contributed by atoms with van der Waals surface area (Å²) in [6.45, 7) is 3.14. The highest BCUT2D eigenvalue weighted by atomic mass is 35.5. The minimum Gasteiger partial charge on any atom is -0.374 e. The summed E-state index contributed by atoms with van der Waals surface area (Å²) in [5.41, 5.74) is 0. The van der Waals surface area contributed by atoms with E-state index in [2.05, 4.69) is 42.3 Å². The molecule has 10 heteroatoms. The van der Waals surface area contributed by atoms with Gasteiger partial charge in [0, 0.05) is 19.6 Å². The normalized spacial score (nSPS) is 19.6. The molecule has 0 aromatic carbocycles. The van der Waals surface area contributed by atoms with Gasteiger partial charge < -0.3 is 15.0 Å². The smallest absolute Gasteiger partial charge is 0.258 e. The Bertz CT molecular complexity index is 592. The quantitative estimate of drug-likeness (QED) is 0.833. The number of nitrogens with one attached hydrogen (secondary N) is 1. The third kappa shape index (κ3) is 3.63. The Labute approximate surface area is 126 Å². The summed E-state index contributed by atoms with van der Waals surface area (Å²) in [4.78, 5) is 18.4. The minimum absolute atomic E-state index is 0.0918. The van der Waals surface area contributed by atoms with E-state index in [1.54, 1.807) is 0 Å². The summed E-state index contributed by atoms with van der Waals surface area (Å²) in [6, 6.07) is 0. The number of likely N-dealkylation sites (N-methyl/N-ethyl adjacent to an activating group) is 1. The molecule has 0 saturated carbocycles. The summed E-state index contributed by atoms with van der Waals surface area (Å²) in [6.07, 6.45) is 2.99. The molecule has 1 aliphatic rings. The average molecular weight is 311 g/mol. The zero-order valence-electron chi connectivity index (χ0n) is 11.5. The zero-order valence-corrected chi connectivity index (χ0v) is 12.2. The lowest BCUT2D eigenvalue weighted by molar-refractivity contribution is -0.0118. The lowest BCUT2D eigenvalue weighted by Crippen LogP contribution is -2.43. The van der Waals surface area contributed by atoms with Gasteiger partial charge in [0.15, 0.2) is 0 Å². The Kier molecular flexibility index (Phi) is 4.23. The fraction of sp³-hybridized carbons (Fsp3) is 0.545. The molecule has 1 atom stereocenters. The van der Waals surface area contributed by atoms with E-state index in [1.807, 2.05) is 0 Å². The van der Waals surface area contributed by atoms with Gasteiger partial charge in [-0.3, -0.25) is 0 Å². The molecule has 0 amide bonds. The fourth-order valence-electron chi connectivity index (χ4n) is 2.03. The highest BCUT2D eigenvalue weighted by Gasteiger charge is 2.18. The second-order valence-electron chi connectivity index (χ2n) is 4.70. The summed E-state index contributed by atoms with van der Waals surface area (Å²) >= 11 is 5.91. The third-order valence-electron chi connectivity index (χ3n) is 3.05. The summed E-state index contributed by atoms with van der Waals surface area (Å²) in [7, 11) is 2.07. The molecule has 1 unspecified atom stereocenters. The molecule has 3 rings (SSSR count). The standard InChI is InChI=1S/C11H15ClN8O/c1-19-2-3-21-8(5-19)4-14-10-16-9(12)17-11(18-10)20-7-13-6-15-20/h6-8H,2-5H2,1H3,(H,14,16,17,18). The van der Waals surface area contributed by atoms with Crippen molar-refractivity contribution in [3.63, 3.8) is 0 Å². The van der Waals surface area contributed by atoms with Crippen LogP contribution in [0.4, 0.5) is 5.95 Å². The molecule has 1 fully saturated rings. The third-order valence-corrected chi connectivity index (χ3v) is 3.22. The number of hydrogen-bond acceptors (Lipinski definition) is 8. The van der Waals surface area contributed by atoms with Crippen molar-refractivity contribution in [1.82, 2.24) is 34.6 Å². The molecule has 1 saturated heterocycles. The molecule has 2 aromatic heterocycles. The van der Waals surface area contributed by atoms with Crippen LogP contribution < -0.4 is 5.32 Å². The maximum Gasteiger partial charge on any atom is 0.258 e. The molecule has 9 nitrogen and oxygen atoms in total. The maximum absolute atomic E-state index is 5.91. The topological polar surface area (TPSA) is 93.9 Å². The first-order chi connectivity index (χ1) is 10.2. The molecular formula is C11H15ClN8O. The molecule has 1 N–H and O–H groups in total. The van der Waals surface area contributed by atoms with E-state index in [9.17, 15) is 0 Å². The van der Waals surface area contributed by atoms with Crippen LogP contribution in [0.3, 0.4) is 0 Å². The summed E-state index contributed by atoms with van der Waals surface area (Å²) in [5.74, 6) is 0.703. The van der Waals surface area contributed by atoms with Crippen molar-refractivity contribution >= 4 is 17.5 Å². The number of rotatable bonds is 4. The van der Waals surface area contributed by atoms with Gasteiger partial charge in [-0.1, -0.05) is 0 Å². The predicted octanol–water partition coefficient (Wildman–Crippen LogP) is -0.152. The Morgan fingerprint density at radius 2 is 2.33 bits per heavy atom. The van der Waals surface area contributed by atoms with E-state index in [0.717, 1.165) is 19.7 Å². The Morgan fingerprint density at radius 1 is 1.43 bits per heavy atom. The molecule has 0 spiro atoms. The van der Waals surface area contributed by atoms with Gasteiger partial charge in [0.1, 0.15) is 12.7 Å². The molecule has 21 heavy (non-hydrogen) atoms. The van der Waals surface area contributed by atoms with Crippen LogP contribution in [-0.2, 0) is 4.74 Å². The van der Waals surface area contributed by atoms with E-state index < -0.39 is 0 Å². The van der Waals surface area contributed by atoms with Crippen molar-refractivity contribution in [2.75, 3.05) is 38.6 Å². The van der Waals surface area contributed by atoms with E-state index in [1.165, 1.54) is 17.3 Å². The van der Waals surface area contributed by atoms with Gasteiger partial charge in [-0.15, -0.1) is 0 Å². The number of nitrogens with zero attached hydrogens (tertiary/aromatic N) is 7. The second kappa shape index (κ2) is 6.29. The van der Waals surface area contributed by atoms with Gasteiger partial charge in [0.05, 0.1) is 12.7 Å².